The molecule has 0 radical (unpaired) electrons. The van der Waals surface area contributed by atoms with Crippen LogP contribution >= 0.6 is 0 Å². The van der Waals surface area contributed by atoms with E-state index in [1.807, 2.05) is 13.0 Å². The predicted octanol–water partition coefficient (Wildman–Crippen LogP) is 2.45. The fourth-order valence-corrected chi connectivity index (χ4v) is 1.67. The van der Waals surface area contributed by atoms with E-state index in [2.05, 4.69) is 36.1 Å². The molecule has 1 aromatic heterocycles. The molecule has 1 aromatic rings. The zero-order valence-electron chi connectivity index (χ0n) is 11.3. The van der Waals surface area contributed by atoms with Gasteiger partial charge in [-0.1, -0.05) is 13.8 Å². The number of anilines is 1. The summed E-state index contributed by atoms with van der Waals surface area (Å²) in [6, 6.07) is 2.39. The summed E-state index contributed by atoms with van der Waals surface area (Å²) in [7, 11) is 0. The summed E-state index contributed by atoms with van der Waals surface area (Å²) < 4.78 is 0. The molecule has 0 aliphatic carbocycles. The van der Waals surface area contributed by atoms with Crippen molar-refractivity contribution < 1.29 is 0 Å². The molecule has 96 valence electrons. The van der Waals surface area contributed by atoms with Crippen molar-refractivity contribution in [2.75, 3.05) is 11.9 Å². The molecule has 0 bridgehead atoms. The van der Waals surface area contributed by atoms with Gasteiger partial charge in [0.1, 0.15) is 11.6 Å². The first-order chi connectivity index (χ1) is 8.02. The molecule has 0 aromatic carbocycles. The highest BCUT2D eigenvalue weighted by molar-refractivity contribution is 5.37. The minimum absolute atomic E-state index is 0.356. The number of hydrogen-bond acceptors (Lipinski definition) is 4. The van der Waals surface area contributed by atoms with Crippen molar-refractivity contribution in [3.63, 3.8) is 0 Å². The van der Waals surface area contributed by atoms with Gasteiger partial charge in [-0.15, -0.1) is 0 Å². The summed E-state index contributed by atoms with van der Waals surface area (Å²) in [5.41, 5.74) is 6.52. The Bertz CT molecular complexity index is 349. The predicted molar refractivity (Wildman–Crippen MR) is 72.2 cm³/mol. The first-order valence-corrected chi connectivity index (χ1v) is 6.35. The third-order valence-electron chi connectivity index (χ3n) is 2.62. The standard InChI is InChI=1S/C13H24N4/c1-9(2)13-16-11(4)8-12(17-13)15-10(3)6-5-7-14/h8-10H,5-7,14H2,1-4H3,(H,15,16,17). The highest BCUT2D eigenvalue weighted by Crippen LogP contribution is 2.15. The minimum atomic E-state index is 0.356. The van der Waals surface area contributed by atoms with E-state index >= 15 is 0 Å². The number of aryl methyl sites for hydroxylation is 1. The van der Waals surface area contributed by atoms with E-state index in [0.29, 0.717) is 12.0 Å². The Kier molecular flexibility index (Phi) is 5.35. The molecule has 1 atom stereocenters. The number of nitrogens with one attached hydrogen (secondary N) is 1. The maximum Gasteiger partial charge on any atom is 0.133 e. The minimum Gasteiger partial charge on any atom is -0.368 e. The average Bonchev–Trinajstić information content (AvgIpc) is 2.25. The second kappa shape index (κ2) is 6.55. The highest BCUT2D eigenvalue weighted by Gasteiger charge is 2.08. The Labute approximate surface area is 104 Å². The van der Waals surface area contributed by atoms with Crippen LogP contribution in [0.15, 0.2) is 6.07 Å². The third kappa shape index (κ3) is 4.69. The maximum absolute atomic E-state index is 5.50. The van der Waals surface area contributed by atoms with Gasteiger partial charge in [0.15, 0.2) is 0 Å². The van der Waals surface area contributed by atoms with E-state index in [9.17, 15) is 0 Å². The van der Waals surface area contributed by atoms with Crippen LogP contribution in [-0.4, -0.2) is 22.6 Å². The van der Waals surface area contributed by atoms with Crippen LogP contribution in [0.1, 0.15) is 51.0 Å². The van der Waals surface area contributed by atoms with Gasteiger partial charge in [-0.25, -0.2) is 9.97 Å². The molecule has 0 fully saturated rings. The Morgan fingerprint density at radius 3 is 2.59 bits per heavy atom. The number of nitrogens with two attached hydrogens (primary N) is 1. The third-order valence-corrected chi connectivity index (χ3v) is 2.62. The summed E-state index contributed by atoms with van der Waals surface area (Å²) in [4.78, 5) is 8.96. The van der Waals surface area contributed by atoms with Crippen LogP contribution in [0.2, 0.25) is 0 Å². The Balaban J connectivity index is 2.70. The van der Waals surface area contributed by atoms with Crippen LogP contribution in [0.25, 0.3) is 0 Å². The molecule has 0 spiro atoms. The molecule has 0 amide bonds. The fourth-order valence-electron chi connectivity index (χ4n) is 1.67. The average molecular weight is 236 g/mol. The lowest BCUT2D eigenvalue weighted by Gasteiger charge is -2.15. The monoisotopic (exact) mass is 236 g/mol. The van der Waals surface area contributed by atoms with Crippen molar-refractivity contribution in [3.8, 4) is 0 Å². The van der Waals surface area contributed by atoms with Gasteiger partial charge in [-0.3, -0.25) is 0 Å². The van der Waals surface area contributed by atoms with E-state index in [4.69, 9.17) is 5.73 Å². The molecule has 17 heavy (non-hydrogen) atoms. The number of nitrogens with zero attached hydrogens (tertiary/aromatic N) is 2. The molecule has 1 rings (SSSR count). The van der Waals surface area contributed by atoms with Crippen LogP contribution in [0, 0.1) is 6.92 Å². The van der Waals surface area contributed by atoms with Gasteiger partial charge in [0.05, 0.1) is 0 Å². The Morgan fingerprint density at radius 2 is 2.00 bits per heavy atom. The highest BCUT2D eigenvalue weighted by atomic mass is 15.0. The molecule has 0 aliphatic rings. The Morgan fingerprint density at radius 1 is 1.29 bits per heavy atom. The molecule has 3 N–H and O–H groups in total. The molecule has 0 aliphatic heterocycles. The number of aromatic nitrogens is 2. The van der Waals surface area contributed by atoms with Gasteiger partial charge < -0.3 is 11.1 Å². The summed E-state index contributed by atoms with van der Waals surface area (Å²) in [5, 5.41) is 3.41. The largest absolute Gasteiger partial charge is 0.368 e. The molecule has 4 heteroatoms. The van der Waals surface area contributed by atoms with Crippen LogP contribution < -0.4 is 11.1 Å². The van der Waals surface area contributed by atoms with Crippen molar-refractivity contribution in [1.82, 2.24) is 9.97 Å². The quantitative estimate of drug-likeness (QED) is 0.796. The van der Waals surface area contributed by atoms with Gasteiger partial charge in [0, 0.05) is 23.7 Å². The second-order valence-electron chi connectivity index (χ2n) is 4.88. The van der Waals surface area contributed by atoms with Gasteiger partial charge in [-0.2, -0.15) is 0 Å². The van der Waals surface area contributed by atoms with Crippen LogP contribution in [-0.2, 0) is 0 Å². The lowest BCUT2D eigenvalue weighted by molar-refractivity contribution is 0.658. The SMILES string of the molecule is Cc1cc(NC(C)CCCN)nc(C(C)C)n1. The van der Waals surface area contributed by atoms with E-state index in [-0.39, 0.29) is 0 Å². The lowest BCUT2D eigenvalue weighted by Crippen LogP contribution is -2.18. The molecular weight excluding hydrogens is 212 g/mol. The first-order valence-electron chi connectivity index (χ1n) is 6.35. The van der Waals surface area contributed by atoms with Crippen LogP contribution in [0.4, 0.5) is 5.82 Å². The summed E-state index contributed by atoms with van der Waals surface area (Å²) in [6.45, 7) is 9.12. The van der Waals surface area contributed by atoms with Gasteiger partial charge in [0.25, 0.3) is 0 Å². The molecule has 1 heterocycles. The summed E-state index contributed by atoms with van der Waals surface area (Å²) in [6.07, 6.45) is 2.10. The lowest BCUT2D eigenvalue weighted by atomic mass is 10.2. The number of rotatable bonds is 6. The maximum atomic E-state index is 5.50. The molecule has 0 saturated carbocycles. The van der Waals surface area contributed by atoms with Gasteiger partial charge >= 0.3 is 0 Å². The van der Waals surface area contributed by atoms with Crippen molar-refractivity contribution >= 4 is 5.82 Å². The van der Waals surface area contributed by atoms with Crippen molar-refractivity contribution in [2.24, 2.45) is 5.73 Å². The molecule has 1 unspecified atom stereocenters. The Hall–Kier alpha value is -1.16. The van der Waals surface area contributed by atoms with Crippen molar-refractivity contribution in [1.29, 1.82) is 0 Å². The van der Waals surface area contributed by atoms with Crippen LogP contribution in [0.5, 0.6) is 0 Å². The zero-order valence-corrected chi connectivity index (χ0v) is 11.3. The first kappa shape index (κ1) is 13.9. The second-order valence-corrected chi connectivity index (χ2v) is 4.88. The van der Waals surface area contributed by atoms with E-state index in [1.165, 1.54) is 0 Å². The summed E-state index contributed by atoms with van der Waals surface area (Å²) >= 11 is 0. The van der Waals surface area contributed by atoms with Crippen LogP contribution in [0.3, 0.4) is 0 Å². The zero-order chi connectivity index (χ0) is 12.8. The van der Waals surface area contributed by atoms with Gasteiger partial charge in [0.2, 0.25) is 0 Å². The summed E-state index contributed by atoms with van der Waals surface area (Å²) in [5.74, 6) is 2.18. The smallest absolute Gasteiger partial charge is 0.133 e. The van der Waals surface area contributed by atoms with Crippen molar-refractivity contribution in [3.05, 3.63) is 17.6 Å². The van der Waals surface area contributed by atoms with E-state index < -0.39 is 0 Å². The topological polar surface area (TPSA) is 63.8 Å². The fraction of sp³-hybridized carbons (Fsp3) is 0.692. The molecule has 4 nitrogen and oxygen atoms in total. The van der Waals surface area contributed by atoms with Crippen molar-refractivity contribution in [2.45, 2.75) is 52.5 Å². The van der Waals surface area contributed by atoms with E-state index in [0.717, 1.165) is 36.7 Å². The molecule has 0 saturated heterocycles. The molecular formula is C13H24N4. The normalized spacial score (nSPS) is 12.8. The van der Waals surface area contributed by atoms with Gasteiger partial charge in [-0.05, 0) is 33.2 Å². The van der Waals surface area contributed by atoms with E-state index in [1.54, 1.807) is 0 Å². The number of hydrogen-bond donors (Lipinski definition) is 2.